The van der Waals surface area contributed by atoms with Crippen molar-refractivity contribution in [3.05, 3.63) is 59.9 Å². The molecular formula is C19H17FN8O. The Morgan fingerprint density at radius 2 is 1.59 bits per heavy atom. The van der Waals surface area contributed by atoms with Crippen LogP contribution in [0.5, 0.6) is 0 Å². The second-order valence-electron chi connectivity index (χ2n) is 6.32. The van der Waals surface area contributed by atoms with Crippen molar-refractivity contribution >= 4 is 40.5 Å². The monoisotopic (exact) mass is 392 g/mol. The molecule has 29 heavy (non-hydrogen) atoms. The molecule has 0 aliphatic heterocycles. The van der Waals surface area contributed by atoms with E-state index >= 15 is 0 Å². The summed E-state index contributed by atoms with van der Waals surface area (Å²) in [7, 11) is 3.96. The molecule has 2 aromatic heterocycles. The molecule has 2 aromatic carbocycles. The lowest BCUT2D eigenvalue weighted by molar-refractivity contribution is 0.314. The standard InChI is InChI=1S/C19H17FN8O/c1-28(2)15-9-3-12(4-10-15)11-21-25-17-16(22-14-7-5-13(20)6-8-14)23-18-19(24-17)27-29-26-18/h3-11H,1-2H3,(H,22,23,26)(H,24,25,27). The van der Waals surface area contributed by atoms with Crippen molar-refractivity contribution in [1.82, 2.24) is 20.3 Å². The summed E-state index contributed by atoms with van der Waals surface area (Å²) in [6.45, 7) is 0. The Balaban J connectivity index is 1.57. The fraction of sp³-hybridized carbons (Fsp3) is 0.105. The van der Waals surface area contributed by atoms with Gasteiger partial charge in [0.15, 0.2) is 11.6 Å². The molecule has 0 amide bonds. The van der Waals surface area contributed by atoms with E-state index < -0.39 is 0 Å². The minimum atomic E-state index is -0.332. The van der Waals surface area contributed by atoms with Crippen LogP contribution in [0.1, 0.15) is 5.56 Å². The van der Waals surface area contributed by atoms with Crippen LogP contribution >= 0.6 is 0 Å². The Bertz CT molecular complexity index is 1140. The Labute approximate surface area is 165 Å². The molecule has 0 fully saturated rings. The number of fused-ring (bicyclic) bond motifs is 1. The van der Waals surface area contributed by atoms with Gasteiger partial charge in [0.2, 0.25) is 11.3 Å². The molecule has 0 saturated heterocycles. The molecule has 0 radical (unpaired) electrons. The van der Waals surface area contributed by atoms with Gasteiger partial charge in [-0.15, -0.1) is 0 Å². The van der Waals surface area contributed by atoms with Gasteiger partial charge in [0.25, 0.3) is 0 Å². The van der Waals surface area contributed by atoms with Crippen LogP contribution in [0.15, 0.2) is 58.3 Å². The van der Waals surface area contributed by atoms with Gasteiger partial charge < -0.3 is 10.2 Å². The number of hydrazone groups is 1. The number of benzene rings is 2. The van der Waals surface area contributed by atoms with Crippen molar-refractivity contribution in [3.8, 4) is 0 Å². The van der Waals surface area contributed by atoms with E-state index in [0.29, 0.717) is 17.3 Å². The highest BCUT2D eigenvalue weighted by Crippen LogP contribution is 2.24. The lowest BCUT2D eigenvalue weighted by atomic mass is 10.2. The number of nitrogens with one attached hydrogen (secondary N) is 2. The van der Waals surface area contributed by atoms with Crippen molar-refractivity contribution in [3.63, 3.8) is 0 Å². The molecule has 0 bridgehead atoms. The first-order valence-electron chi connectivity index (χ1n) is 8.68. The van der Waals surface area contributed by atoms with E-state index in [1.54, 1.807) is 18.3 Å². The van der Waals surface area contributed by atoms with E-state index in [2.05, 4.69) is 40.8 Å². The third-order valence-corrected chi connectivity index (χ3v) is 4.01. The first-order valence-corrected chi connectivity index (χ1v) is 8.68. The van der Waals surface area contributed by atoms with Gasteiger partial charge in [-0.2, -0.15) is 10.1 Å². The second kappa shape index (κ2) is 7.89. The first kappa shape index (κ1) is 18.3. The maximum absolute atomic E-state index is 13.1. The Kier molecular flexibility index (Phi) is 4.97. The summed E-state index contributed by atoms with van der Waals surface area (Å²) in [5.41, 5.74) is 5.96. The number of hydrogen-bond donors (Lipinski definition) is 2. The minimum Gasteiger partial charge on any atom is -0.378 e. The van der Waals surface area contributed by atoms with E-state index in [0.717, 1.165) is 11.3 Å². The topological polar surface area (TPSA) is 104 Å². The van der Waals surface area contributed by atoms with E-state index in [9.17, 15) is 4.39 Å². The average molecular weight is 392 g/mol. The van der Waals surface area contributed by atoms with Gasteiger partial charge >= 0.3 is 0 Å². The summed E-state index contributed by atoms with van der Waals surface area (Å²) in [5, 5.41) is 14.7. The summed E-state index contributed by atoms with van der Waals surface area (Å²) in [5.74, 6) is 0.333. The van der Waals surface area contributed by atoms with Gasteiger partial charge in [0, 0.05) is 25.5 Å². The van der Waals surface area contributed by atoms with E-state index in [-0.39, 0.29) is 17.1 Å². The van der Waals surface area contributed by atoms with Gasteiger partial charge in [-0.25, -0.2) is 14.0 Å². The maximum Gasteiger partial charge on any atom is 0.245 e. The van der Waals surface area contributed by atoms with E-state index in [1.807, 2.05) is 43.3 Å². The van der Waals surface area contributed by atoms with Crippen molar-refractivity contribution in [2.45, 2.75) is 0 Å². The van der Waals surface area contributed by atoms with Gasteiger partial charge in [0.05, 0.1) is 6.21 Å². The fourth-order valence-electron chi connectivity index (χ4n) is 2.50. The summed E-state index contributed by atoms with van der Waals surface area (Å²) in [4.78, 5) is 10.7. The molecule has 2 N–H and O–H groups in total. The molecule has 0 aliphatic rings. The molecule has 0 saturated carbocycles. The number of nitrogens with zero attached hydrogens (tertiary/aromatic N) is 6. The fourth-order valence-corrected chi connectivity index (χ4v) is 2.50. The van der Waals surface area contributed by atoms with E-state index in [1.165, 1.54) is 12.1 Å². The minimum absolute atomic E-state index is 0.239. The summed E-state index contributed by atoms with van der Waals surface area (Å²) in [6.07, 6.45) is 1.66. The van der Waals surface area contributed by atoms with Gasteiger partial charge in [0.1, 0.15) is 5.82 Å². The highest BCUT2D eigenvalue weighted by atomic mass is 19.1. The zero-order valence-corrected chi connectivity index (χ0v) is 15.7. The molecule has 9 nitrogen and oxygen atoms in total. The zero-order chi connectivity index (χ0) is 20.2. The molecule has 4 rings (SSSR count). The molecule has 0 atom stereocenters. The largest absolute Gasteiger partial charge is 0.378 e. The maximum atomic E-state index is 13.1. The van der Waals surface area contributed by atoms with Crippen LogP contribution in [0.3, 0.4) is 0 Å². The predicted molar refractivity (Wildman–Crippen MR) is 109 cm³/mol. The quantitative estimate of drug-likeness (QED) is 0.380. The van der Waals surface area contributed by atoms with Crippen LogP contribution in [0.2, 0.25) is 0 Å². The average Bonchev–Trinajstić information content (AvgIpc) is 3.17. The van der Waals surface area contributed by atoms with Crippen molar-refractivity contribution in [2.24, 2.45) is 5.10 Å². The van der Waals surface area contributed by atoms with Crippen LogP contribution in [-0.4, -0.2) is 40.6 Å². The smallest absolute Gasteiger partial charge is 0.245 e. The van der Waals surface area contributed by atoms with Crippen LogP contribution in [-0.2, 0) is 0 Å². The van der Waals surface area contributed by atoms with Crippen molar-refractivity contribution < 1.29 is 9.02 Å². The summed E-state index contributed by atoms with van der Waals surface area (Å²) >= 11 is 0. The number of rotatable bonds is 6. The number of halogens is 1. The molecular weight excluding hydrogens is 375 g/mol. The zero-order valence-electron chi connectivity index (χ0n) is 15.7. The van der Waals surface area contributed by atoms with Crippen molar-refractivity contribution in [1.29, 1.82) is 0 Å². The molecule has 146 valence electrons. The molecule has 0 aliphatic carbocycles. The van der Waals surface area contributed by atoms with Gasteiger partial charge in [-0.3, -0.25) is 5.43 Å². The summed E-state index contributed by atoms with van der Waals surface area (Å²) < 4.78 is 17.8. The van der Waals surface area contributed by atoms with Crippen LogP contribution in [0.25, 0.3) is 11.3 Å². The lowest BCUT2D eigenvalue weighted by Crippen LogP contribution is -2.08. The number of hydrogen-bond acceptors (Lipinski definition) is 9. The third kappa shape index (κ3) is 4.26. The predicted octanol–water partition coefficient (Wildman–Crippen LogP) is 3.41. The third-order valence-electron chi connectivity index (χ3n) is 4.01. The highest BCUT2D eigenvalue weighted by molar-refractivity contribution is 5.82. The Morgan fingerprint density at radius 3 is 2.24 bits per heavy atom. The molecule has 10 heteroatoms. The number of anilines is 4. The Morgan fingerprint density at radius 1 is 0.931 bits per heavy atom. The second-order valence-corrected chi connectivity index (χ2v) is 6.32. The Hall–Kier alpha value is -4.08. The van der Waals surface area contributed by atoms with Crippen LogP contribution < -0.4 is 15.6 Å². The van der Waals surface area contributed by atoms with Crippen molar-refractivity contribution in [2.75, 3.05) is 29.7 Å². The molecule has 0 spiro atoms. The van der Waals surface area contributed by atoms with Crippen LogP contribution in [0, 0.1) is 5.82 Å². The normalized spacial score (nSPS) is 11.1. The molecule has 4 aromatic rings. The lowest BCUT2D eigenvalue weighted by Gasteiger charge is -2.11. The molecule has 2 heterocycles. The number of aromatic nitrogens is 4. The van der Waals surface area contributed by atoms with Crippen LogP contribution in [0.4, 0.5) is 27.4 Å². The van der Waals surface area contributed by atoms with Gasteiger partial charge in [-0.05, 0) is 52.3 Å². The summed E-state index contributed by atoms with van der Waals surface area (Å²) in [6, 6.07) is 13.8. The SMILES string of the molecule is CN(C)c1ccc(C=NNc2nc3nonc3nc2Nc2ccc(F)cc2)cc1. The highest BCUT2D eigenvalue weighted by Gasteiger charge is 2.12. The first-order chi connectivity index (χ1) is 14.1. The van der Waals surface area contributed by atoms with Gasteiger partial charge in [-0.1, -0.05) is 12.1 Å². The molecule has 0 unspecified atom stereocenters. The van der Waals surface area contributed by atoms with E-state index in [4.69, 9.17) is 0 Å².